The topological polar surface area (TPSA) is 102 Å². The van der Waals surface area contributed by atoms with Crippen molar-refractivity contribution >= 4 is 29.2 Å². The van der Waals surface area contributed by atoms with E-state index in [9.17, 15) is 9.59 Å². The highest BCUT2D eigenvalue weighted by Crippen LogP contribution is 2.21. The standard InChI is InChI=1S/C13H15ClN2O4/c14-9-3-1-7(5-10(9)15)12(17)16-6-8-2-4-11(20-8)13(18)19/h1,3,5,8,11H,2,4,6,15H2,(H,16,17)(H,18,19). The molecule has 108 valence electrons. The molecule has 1 amide bonds. The van der Waals surface area contributed by atoms with Gasteiger partial charge in [0.25, 0.3) is 5.91 Å². The number of carboxylic acids is 1. The fraction of sp³-hybridized carbons (Fsp3) is 0.385. The third-order valence-electron chi connectivity index (χ3n) is 3.13. The summed E-state index contributed by atoms with van der Waals surface area (Å²) < 4.78 is 5.29. The van der Waals surface area contributed by atoms with Crippen molar-refractivity contribution in [3.8, 4) is 0 Å². The van der Waals surface area contributed by atoms with Crippen LogP contribution in [-0.4, -0.2) is 35.7 Å². The summed E-state index contributed by atoms with van der Waals surface area (Å²) in [7, 11) is 0. The van der Waals surface area contributed by atoms with Crippen LogP contribution in [0.15, 0.2) is 18.2 Å². The second-order valence-electron chi connectivity index (χ2n) is 4.61. The molecule has 1 heterocycles. The number of rotatable bonds is 4. The Bertz CT molecular complexity index is 535. The molecule has 0 bridgehead atoms. The van der Waals surface area contributed by atoms with E-state index in [0.29, 0.717) is 29.1 Å². The number of carbonyl (C=O) groups is 2. The molecule has 0 radical (unpaired) electrons. The van der Waals surface area contributed by atoms with Crippen LogP contribution in [0.4, 0.5) is 5.69 Å². The molecule has 1 fully saturated rings. The van der Waals surface area contributed by atoms with Gasteiger partial charge in [-0.3, -0.25) is 4.79 Å². The lowest BCUT2D eigenvalue weighted by Crippen LogP contribution is -2.33. The monoisotopic (exact) mass is 298 g/mol. The molecule has 7 heteroatoms. The van der Waals surface area contributed by atoms with Gasteiger partial charge in [-0.05, 0) is 31.0 Å². The number of hydrogen-bond donors (Lipinski definition) is 3. The zero-order valence-electron chi connectivity index (χ0n) is 10.6. The van der Waals surface area contributed by atoms with Crippen LogP contribution in [0.1, 0.15) is 23.2 Å². The molecular formula is C13H15ClN2O4. The second kappa shape index (κ2) is 6.11. The van der Waals surface area contributed by atoms with Gasteiger partial charge in [0.1, 0.15) is 0 Å². The van der Waals surface area contributed by atoms with Crippen LogP contribution in [0.5, 0.6) is 0 Å². The maximum Gasteiger partial charge on any atom is 0.332 e. The SMILES string of the molecule is Nc1cc(C(=O)NCC2CCC(C(=O)O)O2)ccc1Cl. The third kappa shape index (κ3) is 3.40. The number of nitrogens with two attached hydrogens (primary N) is 1. The lowest BCUT2D eigenvalue weighted by molar-refractivity contribution is -0.149. The third-order valence-corrected chi connectivity index (χ3v) is 3.48. The van der Waals surface area contributed by atoms with E-state index in [1.165, 1.54) is 6.07 Å². The minimum Gasteiger partial charge on any atom is -0.479 e. The molecule has 1 aliphatic rings. The quantitative estimate of drug-likeness (QED) is 0.727. The molecule has 2 atom stereocenters. The number of anilines is 1. The summed E-state index contributed by atoms with van der Waals surface area (Å²) >= 11 is 5.78. The molecule has 0 spiro atoms. The number of carbonyl (C=O) groups excluding carboxylic acids is 1. The van der Waals surface area contributed by atoms with Gasteiger partial charge in [-0.2, -0.15) is 0 Å². The maximum atomic E-state index is 11.9. The molecule has 1 aliphatic heterocycles. The van der Waals surface area contributed by atoms with Crippen LogP contribution >= 0.6 is 11.6 Å². The van der Waals surface area contributed by atoms with E-state index in [-0.39, 0.29) is 18.6 Å². The Morgan fingerprint density at radius 1 is 1.45 bits per heavy atom. The molecular weight excluding hydrogens is 284 g/mol. The predicted molar refractivity (Wildman–Crippen MR) is 73.7 cm³/mol. The molecule has 0 aromatic heterocycles. The summed E-state index contributed by atoms with van der Waals surface area (Å²) in [5.74, 6) is -1.26. The summed E-state index contributed by atoms with van der Waals surface area (Å²) in [4.78, 5) is 22.6. The Hall–Kier alpha value is -1.79. The summed E-state index contributed by atoms with van der Waals surface area (Å²) in [6, 6.07) is 4.62. The van der Waals surface area contributed by atoms with E-state index in [2.05, 4.69) is 5.32 Å². The Morgan fingerprint density at radius 2 is 2.20 bits per heavy atom. The molecule has 1 saturated heterocycles. The van der Waals surface area contributed by atoms with Crippen molar-refractivity contribution in [2.45, 2.75) is 25.0 Å². The Kier molecular flexibility index (Phi) is 4.46. The smallest absolute Gasteiger partial charge is 0.332 e. The Labute approximate surface area is 120 Å². The van der Waals surface area contributed by atoms with Crippen molar-refractivity contribution in [2.24, 2.45) is 0 Å². The van der Waals surface area contributed by atoms with Gasteiger partial charge in [0.05, 0.1) is 16.8 Å². The Morgan fingerprint density at radius 3 is 2.80 bits per heavy atom. The first-order valence-corrected chi connectivity index (χ1v) is 6.56. The fourth-order valence-electron chi connectivity index (χ4n) is 2.03. The van der Waals surface area contributed by atoms with Crippen molar-refractivity contribution in [3.05, 3.63) is 28.8 Å². The van der Waals surface area contributed by atoms with Gasteiger partial charge < -0.3 is 20.9 Å². The van der Waals surface area contributed by atoms with Gasteiger partial charge in [-0.1, -0.05) is 11.6 Å². The van der Waals surface area contributed by atoms with Crippen LogP contribution in [-0.2, 0) is 9.53 Å². The number of aliphatic carboxylic acids is 1. The number of amides is 1. The highest BCUT2D eigenvalue weighted by molar-refractivity contribution is 6.33. The van der Waals surface area contributed by atoms with Crippen molar-refractivity contribution in [1.82, 2.24) is 5.32 Å². The first-order valence-electron chi connectivity index (χ1n) is 6.19. The molecule has 0 saturated carbocycles. The van der Waals surface area contributed by atoms with Crippen molar-refractivity contribution < 1.29 is 19.4 Å². The molecule has 20 heavy (non-hydrogen) atoms. The summed E-state index contributed by atoms with van der Waals surface area (Å²) in [6.45, 7) is 0.269. The fourth-order valence-corrected chi connectivity index (χ4v) is 2.15. The molecule has 1 aromatic carbocycles. The molecule has 2 unspecified atom stereocenters. The zero-order chi connectivity index (χ0) is 14.7. The average molecular weight is 299 g/mol. The number of hydrogen-bond acceptors (Lipinski definition) is 4. The number of ether oxygens (including phenoxy) is 1. The average Bonchev–Trinajstić information content (AvgIpc) is 2.88. The highest BCUT2D eigenvalue weighted by Gasteiger charge is 2.30. The van der Waals surface area contributed by atoms with Gasteiger partial charge in [0.15, 0.2) is 6.10 Å². The number of carboxylic acid groups (broad SMARTS) is 1. The van der Waals surface area contributed by atoms with E-state index in [0.717, 1.165) is 0 Å². The predicted octanol–water partition coefficient (Wildman–Crippen LogP) is 1.28. The van der Waals surface area contributed by atoms with E-state index in [1.54, 1.807) is 12.1 Å². The van der Waals surface area contributed by atoms with Gasteiger partial charge >= 0.3 is 5.97 Å². The second-order valence-corrected chi connectivity index (χ2v) is 5.02. The highest BCUT2D eigenvalue weighted by atomic mass is 35.5. The molecule has 1 aromatic rings. The summed E-state index contributed by atoms with van der Waals surface area (Å²) in [5, 5.41) is 11.9. The summed E-state index contributed by atoms with van der Waals surface area (Å²) in [6.07, 6.45) is 0.0248. The van der Waals surface area contributed by atoms with Crippen LogP contribution in [0.3, 0.4) is 0 Å². The van der Waals surface area contributed by atoms with Crippen LogP contribution in [0.25, 0.3) is 0 Å². The first kappa shape index (κ1) is 14.6. The Balaban J connectivity index is 1.86. The largest absolute Gasteiger partial charge is 0.479 e. The van der Waals surface area contributed by atoms with Gasteiger partial charge in [0.2, 0.25) is 0 Å². The number of nitrogens with one attached hydrogen (secondary N) is 1. The zero-order valence-corrected chi connectivity index (χ0v) is 11.4. The van der Waals surface area contributed by atoms with Crippen LogP contribution in [0, 0.1) is 0 Å². The normalized spacial score (nSPS) is 21.6. The molecule has 4 N–H and O–H groups in total. The summed E-state index contributed by atoms with van der Waals surface area (Å²) in [5.41, 5.74) is 6.36. The van der Waals surface area contributed by atoms with E-state index < -0.39 is 12.1 Å². The lowest BCUT2D eigenvalue weighted by atomic mass is 10.1. The molecule has 0 aliphatic carbocycles. The van der Waals surface area contributed by atoms with Crippen LogP contribution in [0.2, 0.25) is 5.02 Å². The number of nitrogen functional groups attached to an aromatic ring is 1. The van der Waals surface area contributed by atoms with E-state index >= 15 is 0 Å². The van der Waals surface area contributed by atoms with Crippen LogP contribution < -0.4 is 11.1 Å². The van der Waals surface area contributed by atoms with Crippen molar-refractivity contribution in [1.29, 1.82) is 0 Å². The lowest BCUT2D eigenvalue weighted by Gasteiger charge is -2.12. The van der Waals surface area contributed by atoms with E-state index in [4.69, 9.17) is 27.2 Å². The maximum absolute atomic E-state index is 11.9. The van der Waals surface area contributed by atoms with Crippen molar-refractivity contribution in [2.75, 3.05) is 12.3 Å². The van der Waals surface area contributed by atoms with E-state index in [1.807, 2.05) is 0 Å². The van der Waals surface area contributed by atoms with Gasteiger partial charge in [-0.15, -0.1) is 0 Å². The minimum atomic E-state index is -0.968. The number of benzene rings is 1. The van der Waals surface area contributed by atoms with Gasteiger partial charge in [-0.25, -0.2) is 4.79 Å². The van der Waals surface area contributed by atoms with Gasteiger partial charge in [0, 0.05) is 12.1 Å². The minimum absolute atomic E-state index is 0.269. The number of halogens is 1. The molecule has 6 nitrogen and oxygen atoms in total. The molecule has 2 rings (SSSR count). The van der Waals surface area contributed by atoms with Crippen molar-refractivity contribution in [3.63, 3.8) is 0 Å². The first-order chi connectivity index (χ1) is 9.47.